The SMILES string of the molecule is C[C@H]1c2nc(-c3ccccc3)nn2CCN1C(=O)C1CCN(Cc2ccco2)CC1. The zero-order valence-corrected chi connectivity index (χ0v) is 17.3. The fourth-order valence-electron chi connectivity index (χ4n) is 4.57. The van der Waals surface area contributed by atoms with Crippen LogP contribution in [0.5, 0.6) is 0 Å². The van der Waals surface area contributed by atoms with Gasteiger partial charge in [-0.25, -0.2) is 9.67 Å². The van der Waals surface area contributed by atoms with Gasteiger partial charge in [0.15, 0.2) is 5.82 Å². The molecule has 2 aliphatic heterocycles. The largest absolute Gasteiger partial charge is 0.468 e. The minimum atomic E-state index is -0.0580. The van der Waals surface area contributed by atoms with E-state index in [9.17, 15) is 4.79 Å². The average Bonchev–Trinajstić information content (AvgIpc) is 3.45. The second-order valence-electron chi connectivity index (χ2n) is 8.22. The van der Waals surface area contributed by atoms with Crippen molar-refractivity contribution in [2.45, 2.75) is 38.9 Å². The van der Waals surface area contributed by atoms with Crippen LogP contribution < -0.4 is 0 Å². The van der Waals surface area contributed by atoms with E-state index in [0.29, 0.717) is 13.1 Å². The van der Waals surface area contributed by atoms with Gasteiger partial charge < -0.3 is 9.32 Å². The van der Waals surface area contributed by atoms with Gasteiger partial charge in [0.2, 0.25) is 5.91 Å². The molecule has 1 saturated heterocycles. The number of hydrogen-bond donors (Lipinski definition) is 0. The molecule has 0 bridgehead atoms. The summed E-state index contributed by atoms with van der Waals surface area (Å²) in [6, 6.07) is 13.9. The van der Waals surface area contributed by atoms with Crippen LogP contribution in [0.25, 0.3) is 11.4 Å². The summed E-state index contributed by atoms with van der Waals surface area (Å²) in [5, 5.41) is 4.68. The van der Waals surface area contributed by atoms with Crippen molar-refractivity contribution in [3.05, 3.63) is 60.3 Å². The van der Waals surface area contributed by atoms with Crippen molar-refractivity contribution < 1.29 is 9.21 Å². The van der Waals surface area contributed by atoms with E-state index in [1.807, 2.05) is 52.0 Å². The second-order valence-corrected chi connectivity index (χ2v) is 8.22. The minimum Gasteiger partial charge on any atom is -0.468 e. The number of fused-ring (bicyclic) bond motifs is 1. The Labute approximate surface area is 176 Å². The Morgan fingerprint density at radius 2 is 1.87 bits per heavy atom. The Kier molecular flexibility index (Phi) is 5.12. The lowest BCUT2D eigenvalue weighted by molar-refractivity contribution is -0.140. The van der Waals surface area contributed by atoms with Crippen molar-refractivity contribution in [3.8, 4) is 11.4 Å². The monoisotopic (exact) mass is 405 g/mol. The molecule has 156 valence electrons. The van der Waals surface area contributed by atoms with Crippen LogP contribution in [0.2, 0.25) is 0 Å². The third-order valence-electron chi connectivity index (χ3n) is 6.31. The molecule has 4 heterocycles. The quantitative estimate of drug-likeness (QED) is 0.666. The van der Waals surface area contributed by atoms with Gasteiger partial charge in [0, 0.05) is 18.0 Å². The van der Waals surface area contributed by atoms with Gasteiger partial charge in [-0.15, -0.1) is 0 Å². The van der Waals surface area contributed by atoms with E-state index in [4.69, 9.17) is 9.40 Å². The van der Waals surface area contributed by atoms with Crippen LogP contribution in [-0.4, -0.2) is 50.1 Å². The van der Waals surface area contributed by atoms with Gasteiger partial charge in [-0.2, -0.15) is 5.10 Å². The van der Waals surface area contributed by atoms with E-state index in [2.05, 4.69) is 16.9 Å². The summed E-state index contributed by atoms with van der Waals surface area (Å²) in [5.74, 6) is 2.94. The normalized spacial score (nSPS) is 20.3. The Morgan fingerprint density at radius 3 is 2.60 bits per heavy atom. The predicted octanol–water partition coefficient (Wildman–Crippen LogP) is 3.35. The van der Waals surface area contributed by atoms with Gasteiger partial charge in [0.1, 0.15) is 11.6 Å². The lowest BCUT2D eigenvalue weighted by atomic mass is 9.94. The van der Waals surface area contributed by atoms with Crippen LogP contribution >= 0.6 is 0 Å². The molecule has 1 fully saturated rings. The van der Waals surface area contributed by atoms with Crippen LogP contribution in [0, 0.1) is 5.92 Å². The number of amides is 1. The van der Waals surface area contributed by atoms with Crippen LogP contribution in [0.1, 0.15) is 37.4 Å². The summed E-state index contributed by atoms with van der Waals surface area (Å²) in [4.78, 5) is 22.4. The average molecular weight is 406 g/mol. The number of carbonyl (C=O) groups is 1. The molecule has 2 aromatic heterocycles. The number of carbonyl (C=O) groups excluding carboxylic acids is 1. The molecule has 0 N–H and O–H groups in total. The van der Waals surface area contributed by atoms with Crippen molar-refractivity contribution in [2.75, 3.05) is 19.6 Å². The number of aromatic nitrogens is 3. The number of furan rings is 1. The van der Waals surface area contributed by atoms with Crippen molar-refractivity contribution in [1.82, 2.24) is 24.6 Å². The molecule has 30 heavy (non-hydrogen) atoms. The molecule has 3 aromatic rings. The summed E-state index contributed by atoms with van der Waals surface area (Å²) in [7, 11) is 0. The summed E-state index contributed by atoms with van der Waals surface area (Å²) >= 11 is 0. The molecule has 0 unspecified atom stereocenters. The maximum absolute atomic E-state index is 13.3. The standard InChI is InChI=1S/C23H27N5O2/c1-17-22-24-21(18-6-3-2-4-7-18)25-28(22)14-13-27(17)23(29)19-9-11-26(12-10-19)16-20-8-5-15-30-20/h2-8,15,17,19H,9-14,16H2,1H3/t17-/m0/s1. The summed E-state index contributed by atoms with van der Waals surface area (Å²) in [5.41, 5.74) is 1.01. The van der Waals surface area contributed by atoms with Crippen LogP contribution in [0.4, 0.5) is 0 Å². The number of benzene rings is 1. The predicted molar refractivity (Wildman–Crippen MR) is 112 cm³/mol. The number of piperidine rings is 1. The van der Waals surface area contributed by atoms with Crippen LogP contribution in [0.15, 0.2) is 53.1 Å². The smallest absolute Gasteiger partial charge is 0.226 e. The van der Waals surface area contributed by atoms with Gasteiger partial charge in [-0.1, -0.05) is 30.3 Å². The molecule has 1 aromatic carbocycles. The Hall–Kier alpha value is -2.93. The number of rotatable bonds is 4. The van der Waals surface area contributed by atoms with E-state index < -0.39 is 0 Å². The van der Waals surface area contributed by atoms with Crippen LogP contribution in [-0.2, 0) is 17.9 Å². The zero-order chi connectivity index (χ0) is 20.5. The maximum Gasteiger partial charge on any atom is 0.226 e. The third-order valence-corrected chi connectivity index (χ3v) is 6.31. The van der Waals surface area contributed by atoms with Gasteiger partial charge in [0.25, 0.3) is 0 Å². The Balaban J connectivity index is 1.24. The lowest BCUT2D eigenvalue weighted by Crippen LogP contribution is -2.47. The molecule has 7 nitrogen and oxygen atoms in total. The van der Waals surface area contributed by atoms with E-state index >= 15 is 0 Å². The fourth-order valence-corrected chi connectivity index (χ4v) is 4.57. The molecule has 1 atom stereocenters. The third kappa shape index (κ3) is 3.65. The fraction of sp³-hybridized carbons (Fsp3) is 0.435. The molecular formula is C23H27N5O2. The van der Waals surface area contributed by atoms with Crippen LogP contribution in [0.3, 0.4) is 0 Å². The number of nitrogens with zero attached hydrogens (tertiary/aromatic N) is 5. The highest BCUT2D eigenvalue weighted by atomic mass is 16.3. The van der Waals surface area contributed by atoms with Gasteiger partial charge in [-0.05, 0) is 45.0 Å². The van der Waals surface area contributed by atoms with E-state index in [1.165, 1.54) is 0 Å². The topological polar surface area (TPSA) is 67.4 Å². The Bertz CT molecular complexity index is 990. The Morgan fingerprint density at radius 1 is 1.07 bits per heavy atom. The lowest BCUT2D eigenvalue weighted by Gasteiger charge is -2.38. The van der Waals surface area contributed by atoms with Gasteiger partial charge in [-0.3, -0.25) is 9.69 Å². The summed E-state index contributed by atoms with van der Waals surface area (Å²) in [6.07, 6.45) is 3.50. The molecule has 0 saturated carbocycles. The molecule has 2 aliphatic rings. The summed E-state index contributed by atoms with van der Waals surface area (Å²) in [6.45, 7) is 6.12. The highest BCUT2D eigenvalue weighted by Crippen LogP contribution is 2.30. The molecule has 7 heteroatoms. The van der Waals surface area contributed by atoms with E-state index in [-0.39, 0.29) is 17.9 Å². The molecule has 0 aliphatic carbocycles. The van der Waals surface area contributed by atoms with Crippen molar-refractivity contribution in [2.24, 2.45) is 5.92 Å². The zero-order valence-electron chi connectivity index (χ0n) is 17.3. The highest BCUT2D eigenvalue weighted by Gasteiger charge is 2.35. The minimum absolute atomic E-state index is 0.0580. The number of likely N-dealkylation sites (tertiary alicyclic amines) is 1. The molecular weight excluding hydrogens is 378 g/mol. The first-order chi connectivity index (χ1) is 14.7. The molecule has 5 rings (SSSR count). The van der Waals surface area contributed by atoms with Gasteiger partial charge in [0.05, 0.1) is 25.4 Å². The van der Waals surface area contributed by atoms with Crippen molar-refractivity contribution >= 4 is 5.91 Å². The molecule has 0 spiro atoms. The summed E-state index contributed by atoms with van der Waals surface area (Å²) < 4.78 is 7.42. The van der Waals surface area contributed by atoms with Crippen molar-refractivity contribution in [3.63, 3.8) is 0 Å². The van der Waals surface area contributed by atoms with Gasteiger partial charge >= 0.3 is 0 Å². The number of hydrogen-bond acceptors (Lipinski definition) is 5. The van der Waals surface area contributed by atoms with E-state index in [1.54, 1.807) is 6.26 Å². The van der Waals surface area contributed by atoms with Crippen molar-refractivity contribution in [1.29, 1.82) is 0 Å². The maximum atomic E-state index is 13.3. The molecule has 1 amide bonds. The molecule has 0 radical (unpaired) electrons. The highest BCUT2D eigenvalue weighted by molar-refractivity contribution is 5.79. The first-order valence-corrected chi connectivity index (χ1v) is 10.7. The first-order valence-electron chi connectivity index (χ1n) is 10.7. The second kappa shape index (κ2) is 8.07. The first kappa shape index (κ1) is 19.1. The van der Waals surface area contributed by atoms with E-state index in [0.717, 1.165) is 55.4 Å².